The van der Waals surface area contributed by atoms with E-state index in [9.17, 15) is 30.8 Å². The molecule has 4 rings (SSSR count). The lowest BCUT2D eigenvalue weighted by Crippen LogP contribution is -2.36. The number of hydrogen-bond donors (Lipinski definition) is 2. The lowest BCUT2D eigenvalue weighted by atomic mass is 9.90. The molecule has 42 heavy (non-hydrogen) atoms. The molecule has 1 aliphatic heterocycles. The topological polar surface area (TPSA) is 91.4 Å². The molecule has 3 aromatic rings. The Kier molecular flexibility index (Phi) is 9.44. The van der Waals surface area contributed by atoms with Crippen molar-refractivity contribution in [2.75, 3.05) is 29.0 Å². The Morgan fingerprint density at radius 2 is 1.81 bits per heavy atom. The summed E-state index contributed by atoms with van der Waals surface area (Å²) in [6.45, 7) is 5.04. The number of halogens is 4. The van der Waals surface area contributed by atoms with E-state index in [-0.39, 0.29) is 24.5 Å². The van der Waals surface area contributed by atoms with Gasteiger partial charge in [0.15, 0.2) is 0 Å². The highest BCUT2D eigenvalue weighted by Crippen LogP contribution is 2.32. The van der Waals surface area contributed by atoms with Gasteiger partial charge in [0.2, 0.25) is 15.9 Å². The van der Waals surface area contributed by atoms with Crippen LogP contribution in [0.4, 0.5) is 29.1 Å². The molecule has 0 radical (unpaired) electrons. The van der Waals surface area contributed by atoms with Crippen LogP contribution in [-0.2, 0) is 34.0 Å². The molecule has 0 spiro atoms. The van der Waals surface area contributed by atoms with Crippen molar-refractivity contribution < 1.29 is 30.8 Å². The molecule has 1 aliphatic rings. The Hall–Kier alpha value is -3.67. The molecule has 1 amide bonds. The van der Waals surface area contributed by atoms with Crippen molar-refractivity contribution in [3.8, 4) is 0 Å². The second kappa shape index (κ2) is 12.7. The summed E-state index contributed by atoms with van der Waals surface area (Å²) in [7, 11) is -3.72. The number of piperidine rings is 1. The van der Waals surface area contributed by atoms with Gasteiger partial charge >= 0.3 is 6.18 Å². The van der Waals surface area contributed by atoms with Crippen molar-refractivity contribution in [2.24, 2.45) is 5.92 Å². The largest absolute Gasteiger partial charge is 0.433 e. The molecular weight excluding hydrogens is 572 g/mol. The molecule has 1 fully saturated rings. The van der Waals surface area contributed by atoms with Crippen molar-refractivity contribution in [3.05, 3.63) is 88.4 Å². The highest BCUT2D eigenvalue weighted by atomic mass is 32.2. The minimum absolute atomic E-state index is 0.0775. The first-order valence-corrected chi connectivity index (χ1v) is 15.5. The maximum absolute atomic E-state index is 14.9. The van der Waals surface area contributed by atoms with Crippen LogP contribution in [0.3, 0.4) is 0 Å². The number of nitrogens with one attached hydrogen (secondary N) is 2. The van der Waals surface area contributed by atoms with Crippen LogP contribution >= 0.6 is 0 Å². The number of pyridine rings is 1. The number of aromatic nitrogens is 1. The molecule has 1 aromatic heterocycles. The van der Waals surface area contributed by atoms with E-state index >= 15 is 0 Å². The van der Waals surface area contributed by atoms with E-state index in [4.69, 9.17) is 0 Å². The Bertz CT molecular complexity index is 1540. The van der Waals surface area contributed by atoms with Crippen LogP contribution in [0.2, 0.25) is 0 Å². The third-order valence-corrected chi connectivity index (χ3v) is 7.90. The Labute approximate surface area is 243 Å². The van der Waals surface area contributed by atoms with Crippen molar-refractivity contribution in [3.63, 3.8) is 0 Å². The van der Waals surface area contributed by atoms with Crippen LogP contribution in [0, 0.1) is 18.7 Å². The second-order valence-electron chi connectivity index (χ2n) is 10.9. The molecule has 226 valence electrons. The molecular formula is C30H34F4N4O3S. The van der Waals surface area contributed by atoms with E-state index in [1.165, 1.54) is 18.2 Å². The fourth-order valence-electron chi connectivity index (χ4n) is 5.04. The van der Waals surface area contributed by atoms with Crippen LogP contribution in [-0.4, -0.2) is 38.7 Å². The van der Waals surface area contributed by atoms with Crippen molar-refractivity contribution in [1.29, 1.82) is 0 Å². The molecule has 2 heterocycles. The number of nitrogens with zero attached hydrogens (tertiary/aromatic N) is 2. The molecule has 12 heteroatoms. The number of aryl methyl sites for hydroxylation is 1. The molecule has 1 atom stereocenters. The SMILES string of the molecule is Cc1cccc(CC(C(=O)NCc2ccc(C(F)(F)F)nc2N2CCC(C)CC2)c2ccc(NS(C)(=O)=O)c(F)c2)c1. The van der Waals surface area contributed by atoms with Crippen molar-refractivity contribution >= 4 is 27.4 Å². The number of amides is 1. The van der Waals surface area contributed by atoms with E-state index in [2.05, 4.69) is 21.9 Å². The molecule has 2 N–H and O–H groups in total. The lowest BCUT2D eigenvalue weighted by molar-refractivity contribution is -0.141. The van der Waals surface area contributed by atoms with E-state index < -0.39 is 39.5 Å². The molecule has 0 bridgehead atoms. The number of benzene rings is 2. The molecule has 7 nitrogen and oxygen atoms in total. The fraction of sp³-hybridized carbons (Fsp3) is 0.400. The van der Waals surface area contributed by atoms with Crippen LogP contribution in [0.5, 0.6) is 0 Å². The van der Waals surface area contributed by atoms with Gasteiger partial charge in [-0.1, -0.05) is 48.9 Å². The highest BCUT2D eigenvalue weighted by molar-refractivity contribution is 7.92. The smallest absolute Gasteiger partial charge is 0.356 e. The summed E-state index contributed by atoms with van der Waals surface area (Å²) in [6.07, 6.45) is -1.85. The first kappa shape index (κ1) is 31.3. The van der Waals surface area contributed by atoms with Crippen LogP contribution in [0.1, 0.15) is 53.6 Å². The van der Waals surface area contributed by atoms with Gasteiger partial charge in [0.25, 0.3) is 0 Å². The highest BCUT2D eigenvalue weighted by Gasteiger charge is 2.34. The summed E-state index contributed by atoms with van der Waals surface area (Å²) < 4.78 is 80.7. The second-order valence-corrected chi connectivity index (χ2v) is 12.7. The third-order valence-electron chi connectivity index (χ3n) is 7.31. The minimum Gasteiger partial charge on any atom is -0.356 e. The van der Waals surface area contributed by atoms with E-state index in [1.54, 1.807) is 0 Å². The van der Waals surface area contributed by atoms with Gasteiger partial charge in [0, 0.05) is 25.2 Å². The van der Waals surface area contributed by atoms with Gasteiger partial charge in [-0.05, 0) is 61.4 Å². The number of hydrogen-bond acceptors (Lipinski definition) is 5. The van der Waals surface area contributed by atoms with Crippen molar-refractivity contribution in [2.45, 2.75) is 51.7 Å². The number of rotatable bonds is 9. The third kappa shape index (κ3) is 8.21. The number of carbonyl (C=O) groups is 1. The number of anilines is 2. The summed E-state index contributed by atoms with van der Waals surface area (Å²) in [4.78, 5) is 19.4. The maximum Gasteiger partial charge on any atom is 0.433 e. The molecule has 0 aliphatic carbocycles. The summed E-state index contributed by atoms with van der Waals surface area (Å²) in [6, 6.07) is 13.6. The summed E-state index contributed by atoms with van der Waals surface area (Å²) >= 11 is 0. The van der Waals surface area contributed by atoms with E-state index in [0.717, 1.165) is 42.4 Å². The first-order valence-electron chi connectivity index (χ1n) is 13.6. The van der Waals surface area contributed by atoms with Crippen LogP contribution in [0.15, 0.2) is 54.6 Å². The standard InChI is InChI=1S/C30H34F4N4O3S/c1-19-11-13-38(14-12-19)28-23(8-10-27(36-28)30(32,33)34)18-35-29(39)24(16-21-6-4-5-20(2)15-21)22-7-9-26(25(31)17-22)37-42(3,40)41/h4-10,15,17,19,24,37H,11-14,16,18H2,1-3H3,(H,35,39). The van der Waals surface area contributed by atoms with Gasteiger partial charge in [-0.25, -0.2) is 17.8 Å². The first-order chi connectivity index (χ1) is 19.7. The van der Waals surface area contributed by atoms with E-state index in [0.29, 0.717) is 30.1 Å². The quantitative estimate of drug-likeness (QED) is 0.301. The zero-order valence-corrected chi connectivity index (χ0v) is 24.4. The average molecular weight is 607 g/mol. The molecule has 1 saturated heterocycles. The minimum atomic E-state index is -4.61. The van der Waals surface area contributed by atoms with Crippen LogP contribution in [0.25, 0.3) is 0 Å². The van der Waals surface area contributed by atoms with Crippen LogP contribution < -0.4 is 14.9 Å². The zero-order valence-electron chi connectivity index (χ0n) is 23.6. The predicted octanol–water partition coefficient (Wildman–Crippen LogP) is 5.80. The van der Waals surface area contributed by atoms with Gasteiger partial charge in [-0.3, -0.25) is 9.52 Å². The normalized spacial score (nSPS) is 15.4. The van der Waals surface area contributed by atoms with Gasteiger partial charge in [-0.15, -0.1) is 0 Å². The van der Waals surface area contributed by atoms with Gasteiger partial charge in [0.05, 0.1) is 17.9 Å². The fourth-order valence-corrected chi connectivity index (χ4v) is 5.61. The summed E-state index contributed by atoms with van der Waals surface area (Å²) in [5, 5.41) is 2.83. The van der Waals surface area contributed by atoms with Gasteiger partial charge < -0.3 is 10.2 Å². The maximum atomic E-state index is 14.9. The Morgan fingerprint density at radius 3 is 2.43 bits per heavy atom. The van der Waals surface area contributed by atoms with Gasteiger partial charge in [-0.2, -0.15) is 13.2 Å². The Morgan fingerprint density at radius 1 is 1.10 bits per heavy atom. The molecule has 1 unspecified atom stereocenters. The lowest BCUT2D eigenvalue weighted by Gasteiger charge is -2.33. The number of sulfonamides is 1. The van der Waals surface area contributed by atoms with Crippen molar-refractivity contribution in [1.82, 2.24) is 10.3 Å². The molecule has 2 aromatic carbocycles. The molecule has 0 saturated carbocycles. The zero-order chi connectivity index (χ0) is 30.7. The predicted molar refractivity (Wildman–Crippen MR) is 154 cm³/mol. The summed E-state index contributed by atoms with van der Waals surface area (Å²) in [5.74, 6) is -1.52. The monoisotopic (exact) mass is 606 g/mol. The number of alkyl halides is 3. The Balaban J connectivity index is 1.62. The average Bonchev–Trinajstić information content (AvgIpc) is 2.91. The van der Waals surface area contributed by atoms with E-state index in [1.807, 2.05) is 36.1 Å². The summed E-state index contributed by atoms with van der Waals surface area (Å²) in [5.41, 5.74) is 1.32. The van der Waals surface area contributed by atoms with Gasteiger partial charge in [0.1, 0.15) is 17.3 Å². The number of carbonyl (C=O) groups excluding carboxylic acids is 1.